The summed E-state index contributed by atoms with van der Waals surface area (Å²) in [4.78, 5) is 13.1. The number of carbonyl (C=O) groups is 1. The number of halogens is 3. The smallest absolute Gasteiger partial charge is 0.231 e. The van der Waals surface area contributed by atoms with Crippen LogP contribution in [0.3, 0.4) is 0 Å². The van der Waals surface area contributed by atoms with Crippen LogP contribution < -0.4 is 5.32 Å². The fraction of sp³-hybridized carbons (Fsp3) is 0.273. The van der Waals surface area contributed by atoms with E-state index < -0.39 is 0 Å². The zero-order valence-electron chi connectivity index (χ0n) is 9.96. The predicted octanol–water partition coefficient (Wildman–Crippen LogP) is 2.57. The minimum Gasteiger partial charge on any atom is -0.349 e. The molecule has 0 aliphatic heterocycles. The molecule has 2 N–H and O–H groups in total. The molecule has 18 heavy (non-hydrogen) atoms. The lowest BCUT2D eigenvalue weighted by Crippen LogP contribution is -2.40. The van der Waals surface area contributed by atoms with E-state index in [0.29, 0.717) is 15.6 Å². The molecule has 0 radical (unpaired) electrons. The van der Waals surface area contributed by atoms with Gasteiger partial charge in [-0.2, -0.15) is 0 Å². The number of carbonyl (C=O) groups excluding carboxylic acids is 1. The number of nitrogens with one attached hydrogen (secondary N) is 2. The Morgan fingerprint density at radius 3 is 2.28 bits per heavy atom. The Morgan fingerprint density at radius 2 is 1.83 bits per heavy atom. The molecule has 1 rings (SSSR count). The summed E-state index contributed by atoms with van der Waals surface area (Å²) in [5, 5.41) is 10.8. The summed E-state index contributed by atoms with van der Waals surface area (Å²) in [5.41, 5.74) is 0.569. The van der Waals surface area contributed by atoms with E-state index in [1.165, 1.54) is 4.90 Å². The van der Waals surface area contributed by atoms with Crippen LogP contribution in [0, 0.1) is 5.41 Å². The quantitative estimate of drug-likeness (QED) is 0.651. The lowest BCUT2D eigenvalue weighted by Gasteiger charge is -2.14. The number of amides is 1. The van der Waals surface area contributed by atoms with Crippen molar-refractivity contribution in [2.45, 2.75) is 6.42 Å². The standard InChI is InChI=1S/C11H13Cl2N3O.ClH/c1-16(2)11(14)15-10(17)6-7-8(12)4-3-5-9(7)13;/h3-5H,6H2,1-2H3,(H2,14,15,17);1H. The molecule has 7 heteroatoms. The summed E-state index contributed by atoms with van der Waals surface area (Å²) in [6.07, 6.45) is 0.0503. The van der Waals surface area contributed by atoms with Crippen molar-refractivity contribution in [3.63, 3.8) is 0 Å². The fourth-order valence-electron chi connectivity index (χ4n) is 1.15. The predicted molar refractivity (Wildman–Crippen MR) is 77.0 cm³/mol. The highest BCUT2D eigenvalue weighted by Gasteiger charge is 2.12. The Balaban J connectivity index is 0.00000289. The van der Waals surface area contributed by atoms with Gasteiger partial charge < -0.3 is 4.90 Å². The summed E-state index contributed by atoms with van der Waals surface area (Å²) in [6.45, 7) is 0. The van der Waals surface area contributed by atoms with E-state index in [9.17, 15) is 4.79 Å². The molecule has 0 unspecified atom stereocenters. The van der Waals surface area contributed by atoms with E-state index in [1.807, 2.05) is 0 Å². The number of nitrogens with zero attached hydrogens (tertiary/aromatic N) is 1. The molecule has 0 aromatic heterocycles. The van der Waals surface area contributed by atoms with Gasteiger partial charge in [-0.3, -0.25) is 15.5 Å². The number of guanidine groups is 1. The van der Waals surface area contributed by atoms with Crippen LogP contribution >= 0.6 is 35.6 Å². The molecule has 0 saturated carbocycles. The van der Waals surface area contributed by atoms with Gasteiger partial charge in [-0.25, -0.2) is 0 Å². The Hall–Kier alpha value is -0.970. The summed E-state index contributed by atoms with van der Waals surface area (Å²) < 4.78 is 0. The molecule has 1 aromatic rings. The molecule has 0 atom stereocenters. The molecule has 1 aromatic carbocycles. The third kappa shape index (κ3) is 4.72. The normalized spacial score (nSPS) is 9.33. The molecule has 0 saturated heterocycles. The van der Waals surface area contributed by atoms with Crippen molar-refractivity contribution in [3.8, 4) is 0 Å². The van der Waals surface area contributed by atoms with Gasteiger partial charge in [-0.15, -0.1) is 12.4 Å². The van der Waals surface area contributed by atoms with E-state index in [0.717, 1.165) is 0 Å². The van der Waals surface area contributed by atoms with Gasteiger partial charge in [-0.1, -0.05) is 29.3 Å². The van der Waals surface area contributed by atoms with Crippen molar-refractivity contribution in [1.82, 2.24) is 10.2 Å². The Bertz CT molecular complexity index is 429. The van der Waals surface area contributed by atoms with Gasteiger partial charge in [-0.05, 0) is 17.7 Å². The molecular weight excluding hydrogens is 296 g/mol. The number of benzene rings is 1. The molecule has 1 amide bonds. The van der Waals surface area contributed by atoms with Crippen molar-refractivity contribution in [3.05, 3.63) is 33.8 Å². The zero-order valence-corrected chi connectivity index (χ0v) is 12.3. The average Bonchev–Trinajstić information content (AvgIpc) is 2.23. The minimum absolute atomic E-state index is 0. The summed E-state index contributed by atoms with van der Waals surface area (Å²) in [7, 11) is 3.34. The maximum Gasteiger partial charge on any atom is 0.231 e. The molecular formula is C11H14Cl3N3O. The third-order valence-corrected chi connectivity index (χ3v) is 2.81. The van der Waals surface area contributed by atoms with Gasteiger partial charge in [0.25, 0.3) is 0 Å². The van der Waals surface area contributed by atoms with Crippen LogP contribution in [0.25, 0.3) is 0 Å². The number of hydrogen-bond donors (Lipinski definition) is 2. The van der Waals surface area contributed by atoms with Crippen molar-refractivity contribution < 1.29 is 4.79 Å². The SMILES string of the molecule is CN(C)C(=N)NC(=O)Cc1c(Cl)cccc1Cl.Cl. The molecule has 4 nitrogen and oxygen atoms in total. The van der Waals surface area contributed by atoms with E-state index in [1.54, 1.807) is 32.3 Å². The van der Waals surface area contributed by atoms with Crippen LogP contribution in [0.15, 0.2) is 18.2 Å². The first kappa shape index (κ1) is 17.0. The maximum absolute atomic E-state index is 11.6. The highest BCUT2D eigenvalue weighted by Crippen LogP contribution is 2.24. The minimum atomic E-state index is -0.321. The van der Waals surface area contributed by atoms with Gasteiger partial charge >= 0.3 is 0 Å². The van der Waals surface area contributed by atoms with Gasteiger partial charge in [0.1, 0.15) is 0 Å². The van der Waals surface area contributed by atoms with Crippen molar-refractivity contribution in [2.75, 3.05) is 14.1 Å². The van der Waals surface area contributed by atoms with Gasteiger partial charge in [0.05, 0.1) is 6.42 Å². The lowest BCUT2D eigenvalue weighted by molar-refractivity contribution is -0.119. The first-order valence-corrected chi connectivity index (χ1v) is 5.66. The molecule has 0 fully saturated rings. The fourth-order valence-corrected chi connectivity index (χ4v) is 1.68. The highest BCUT2D eigenvalue weighted by atomic mass is 35.5. The van der Waals surface area contributed by atoms with Crippen LogP contribution in [0.5, 0.6) is 0 Å². The average molecular weight is 311 g/mol. The number of hydrogen-bond acceptors (Lipinski definition) is 2. The van der Waals surface area contributed by atoms with E-state index >= 15 is 0 Å². The first-order chi connectivity index (χ1) is 7.91. The largest absolute Gasteiger partial charge is 0.349 e. The molecule has 0 bridgehead atoms. The second kappa shape index (κ2) is 7.46. The number of rotatable bonds is 2. The van der Waals surface area contributed by atoms with Crippen molar-refractivity contribution in [1.29, 1.82) is 5.41 Å². The summed E-state index contributed by atoms with van der Waals surface area (Å²) in [5.74, 6) is -0.295. The highest BCUT2D eigenvalue weighted by molar-refractivity contribution is 6.36. The van der Waals surface area contributed by atoms with Crippen molar-refractivity contribution in [2.24, 2.45) is 0 Å². The second-order valence-corrected chi connectivity index (χ2v) is 4.48. The summed E-state index contributed by atoms with van der Waals surface area (Å²) in [6, 6.07) is 5.06. The molecule has 100 valence electrons. The molecule has 0 heterocycles. The summed E-state index contributed by atoms with van der Waals surface area (Å²) >= 11 is 11.9. The lowest BCUT2D eigenvalue weighted by atomic mass is 10.1. The zero-order chi connectivity index (χ0) is 13.0. The van der Waals surface area contributed by atoms with E-state index in [4.69, 9.17) is 28.6 Å². The van der Waals surface area contributed by atoms with Gasteiger partial charge in [0.2, 0.25) is 5.91 Å². The second-order valence-electron chi connectivity index (χ2n) is 3.67. The van der Waals surface area contributed by atoms with Crippen LogP contribution in [-0.2, 0) is 11.2 Å². The third-order valence-electron chi connectivity index (χ3n) is 2.10. The van der Waals surface area contributed by atoms with Crippen molar-refractivity contribution >= 4 is 47.5 Å². The maximum atomic E-state index is 11.6. The van der Waals surface area contributed by atoms with Crippen LogP contribution in [0.4, 0.5) is 0 Å². The monoisotopic (exact) mass is 309 g/mol. The van der Waals surface area contributed by atoms with E-state index in [-0.39, 0.29) is 30.7 Å². The van der Waals surface area contributed by atoms with Gasteiger partial charge in [0.15, 0.2) is 5.96 Å². The topological polar surface area (TPSA) is 56.2 Å². The Morgan fingerprint density at radius 1 is 1.33 bits per heavy atom. The molecule has 0 aliphatic rings. The molecule has 0 aliphatic carbocycles. The van der Waals surface area contributed by atoms with Crippen LogP contribution in [0.2, 0.25) is 10.0 Å². The Labute approximate surface area is 122 Å². The first-order valence-electron chi connectivity index (χ1n) is 4.90. The Kier molecular flexibility index (Phi) is 7.06. The van der Waals surface area contributed by atoms with Crippen LogP contribution in [0.1, 0.15) is 5.56 Å². The van der Waals surface area contributed by atoms with E-state index in [2.05, 4.69) is 5.32 Å². The van der Waals surface area contributed by atoms with Crippen LogP contribution in [-0.4, -0.2) is 30.9 Å². The molecule has 0 spiro atoms. The van der Waals surface area contributed by atoms with Gasteiger partial charge in [0, 0.05) is 24.1 Å².